The molecular formula is C16H22N2O. The minimum atomic E-state index is 0.0146. The number of aryl methyl sites for hydroxylation is 3. The Morgan fingerprint density at radius 2 is 2.00 bits per heavy atom. The van der Waals surface area contributed by atoms with E-state index in [0.717, 1.165) is 24.4 Å². The summed E-state index contributed by atoms with van der Waals surface area (Å²) < 4.78 is 5.79. The fraction of sp³-hybridized carbons (Fsp3) is 0.375. The van der Waals surface area contributed by atoms with E-state index in [-0.39, 0.29) is 6.04 Å². The van der Waals surface area contributed by atoms with E-state index < -0.39 is 0 Å². The fourth-order valence-electron chi connectivity index (χ4n) is 2.25. The first-order valence-electron chi connectivity index (χ1n) is 6.75. The first-order chi connectivity index (χ1) is 9.13. The third-order valence-corrected chi connectivity index (χ3v) is 3.50. The van der Waals surface area contributed by atoms with E-state index in [9.17, 15) is 0 Å². The molecular weight excluding hydrogens is 236 g/mol. The van der Waals surface area contributed by atoms with Crippen LogP contribution in [0.25, 0.3) is 0 Å². The first kappa shape index (κ1) is 13.8. The number of furan rings is 1. The predicted molar refractivity (Wildman–Crippen MR) is 77.8 cm³/mol. The standard InChI is InChI=1S/C16H22N2O/c1-4-14-7-8-16(19-14)15(18-17)10-13-9-11(2)5-6-12(13)3/h5-9,15,18H,4,10,17H2,1-3H3. The van der Waals surface area contributed by atoms with Crippen LogP contribution >= 0.6 is 0 Å². The van der Waals surface area contributed by atoms with Crippen LogP contribution in [0.2, 0.25) is 0 Å². The molecule has 0 spiro atoms. The van der Waals surface area contributed by atoms with Gasteiger partial charge in [-0.2, -0.15) is 0 Å². The van der Waals surface area contributed by atoms with E-state index in [2.05, 4.69) is 44.4 Å². The summed E-state index contributed by atoms with van der Waals surface area (Å²) in [7, 11) is 0. The molecule has 3 heteroatoms. The van der Waals surface area contributed by atoms with Gasteiger partial charge in [0.25, 0.3) is 0 Å². The predicted octanol–water partition coefficient (Wildman–Crippen LogP) is 3.21. The molecule has 0 radical (unpaired) electrons. The lowest BCUT2D eigenvalue weighted by atomic mass is 9.98. The monoisotopic (exact) mass is 258 g/mol. The normalized spacial score (nSPS) is 12.6. The van der Waals surface area contributed by atoms with Crippen LogP contribution in [0.3, 0.4) is 0 Å². The summed E-state index contributed by atoms with van der Waals surface area (Å²) in [4.78, 5) is 0. The summed E-state index contributed by atoms with van der Waals surface area (Å²) in [6.45, 7) is 6.32. The third-order valence-electron chi connectivity index (χ3n) is 3.50. The zero-order valence-corrected chi connectivity index (χ0v) is 11.9. The van der Waals surface area contributed by atoms with Crippen molar-refractivity contribution in [2.75, 3.05) is 0 Å². The van der Waals surface area contributed by atoms with Crippen LogP contribution in [0, 0.1) is 13.8 Å². The van der Waals surface area contributed by atoms with Gasteiger partial charge in [-0.15, -0.1) is 0 Å². The maximum Gasteiger partial charge on any atom is 0.122 e. The topological polar surface area (TPSA) is 51.2 Å². The van der Waals surface area contributed by atoms with Gasteiger partial charge in [-0.25, -0.2) is 5.43 Å². The molecule has 1 aromatic carbocycles. The fourth-order valence-corrected chi connectivity index (χ4v) is 2.25. The molecule has 1 unspecified atom stereocenters. The first-order valence-corrected chi connectivity index (χ1v) is 6.75. The summed E-state index contributed by atoms with van der Waals surface area (Å²) in [5, 5.41) is 0. The van der Waals surface area contributed by atoms with Crippen molar-refractivity contribution in [3.05, 3.63) is 58.5 Å². The van der Waals surface area contributed by atoms with Gasteiger partial charge in [0.05, 0.1) is 6.04 Å². The zero-order chi connectivity index (χ0) is 13.8. The van der Waals surface area contributed by atoms with Crippen molar-refractivity contribution in [2.45, 2.75) is 39.7 Å². The minimum Gasteiger partial charge on any atom is -0.464 e. The zero-order valence-electron chi connectivity index (χ0n) is 11.9. The Kier molecular flexibility index (Phi) is 4.40. The van der Waals surface area contributed by atoms with E-state index in [1.54, 1.807) is 0 Å². The number of hydrazine groups is 1. The average Bonchev–Trinajstić information content (AvgIpc) is 2.88. The molecule has 0 saturated carbocycles. The lowest BCUT2D eigenvalue weighted by Crippen LogP contribution is -2.29. The molecule has 0 bridgehead atoms. The molecule has 102 valence electrons. The summed E-state index contributed by atoms with van der Waals surface area (Å²) in [5.74, 6) is 7.58. The Labute approximate surface area is 114 Å². The summed E-state index contributed by atoms with van der Waals surface area (Å²) >= 11 is 0. The van der Waals surface area contributed by atoms with Gasteiger partial charge >= 0.3 is 0 Å². The lowest BCUT2D eigenvalue weighted by Gasteiger charge is -2.15. The van der Waals surface area contributed by atoms with Crippen molar-refractivity contribution in [1.29, 1.82) is 0 Å². The number of hydrogen-bond donors (Lipinski definition) is 2. The molecule has 0 aliphatic carbocycles. The van der Waals surface area contributed by atoms with Crippen molar-refractivity contribution in [1.82, 2.24) is 5.43 Å². The molecule has 19 heavy (non-hydrogen) atoms. The van der Waals surface area contributed by atoms with Crippen molar-refractivity contribution >= 4 is 0 Å². The van der Waals surface area contributed by atoms with E-state index in [1.165, 1.54) is 16.7 Å². The molecule has 0 saturated heterocycles. The highest BCUT2D eigenvalue weighted by atomic mass is 16.3. The number of hydrogen-bond acceptors (Lipinski definition) is 3. The van der Waals surface area contributed by atoms with E-state index >= 15 is 0 Å². The van der Waals surface area contributed by atoms with Crippen LogP contribution < -0.4 is 11.3 Å². The molecule has 1 heterocycles. The van der Waals surface area contributed by atoms with Gasteiger partial charge < -0.3 is 4.42 Å². The summed E-state index contributed by atoms with van der Waals surface area (Å²) in [5.41, 5.74) is 6.71. The third kappa shape index (κ3) is 3.25. The van der Waals surface area contributed by atoms with Gasteiger partial charge in [0, 0.05) is 6.42 Å². The van der Waals surface area contributed by atoms with E-state index in [4.69, 9.17) is 10.3 Å². The van der Waals surface area contributed by atoms with E-state index in [1.807, 2.05) is 12.1 Å². The van der Waals surface area contributed by atoms with E-state index in [0.29, 0.717) is 0 Å². The van der Waals surface area contributed by atoms with Crippen molar-refractivity contribution in [3.8, 4) is 0 Å². The van der Waals surface area contributed by atoms with Gasteiger partial charge in [0.1, 0.15) is 11.5 Å². The van der Waals surface area contributed by atoms with Crippen LogP contribution in [0.4, 0.5) is 0 Å². The van der Waals surface area contributed by atoms with Crippen LogP contribution in [0.1, 0.15) is 41.2 Å². The van der Waals surface area contributed by atoms with Gasteiger partial charge in [-0.05, 0) is 43.5 Å². The Bertz CT molecular complexity index is 545. The van der Waals surface area contributed by atoms with Crippen LogP contribution in [0.15, 0.2) is 34.7 Å². The second-order valence-corrected chi connectivity index (χ2v) is 5.01. The summed E-state index contributed by atoms with van der Waals surface area (Å²) in [6, 6.07) is 10.5. The molecule has 0 amide bonds. The van der Waals surface area contributed by atoms with Gasteiger partial charge in [-0.3, -0.25) is 5.84 Å². The van der Waals surface area contributed by atoms with Gasteiger partial charge in [0.15, 0.2) is 0 Å². The van der Waals surface area contributed by atoms with Crippen LogP contribution in [-0.4, -0.2) is 0 Å². The highest BCUT2D eigenvalue weighted by Crippen LogP contribution is 2.22. The Morgan fingerprint density at radius 1 is 1.21 bits per heavy atom. The molecule has 2 rings (SSSR count). The van der Waals surface area contributed by atoms with Gasteiger partial charge in [0.2, 0.25) is 0 Å². The highest BCUT2D eigenvalue weighted by Gasteiger charge is 2.15. The van der Waals surface area contributed by atoms with Gasteiger partial charge in [-0.1, -0.05) is 30.7 Å². The van der Waals surface area contributed by atoms with Crippen molar-refractivity contribution < 1.29 is 4.42 Å². The Hall–Kier alpha value is -1.58. The second kappa shape index (κ2) is 6.04. The number of nitrogens with one attached hydrogen (secondary N) is 1. The smallest absolute Gasteiger partial charge is 0.122 e. The molecule has 3 nitrogen and oxygen atoms in total. The molecule has 1 atom stereocenters. The molecule has 0 aliphatic heterocycles. The van der Waals surface area contributed by atoms with Crippen molar-refractivity contribution in [3.63, 3.8) is 0 Å². The maximum atomic E-state index is 5.79. The number of benzene rings is 1. The minimum absolute atomic E-state index is 0.0146. The maximum absolute atomic E-state index is 5.79. The molecule has 1 aromatic heterocycles. The van der Waals surface area contributed by atoms with Crippen LogP contribution in [-0.2, 0) is 12.8 Å². The highest BCUT2D eigenvalue weighted by molar-refractivity contribution is 5.31. The SMILES string of the molecule is CCc1ccc(C(Cc2cc(C)ccc2C)NN)o1. The molecule has 3 N–H and O–H groups in total. The molecule has 0 fully saturated rings. The lowest BCUT2D eigenvalue weighted by molar-refractivity contribution is 0.396. The second-order valence-electron chi connectivity index (χ2n) is 5.01. The van der Waals surface area contributed by atoms with Crippen molar-refractivity contribution in [2.24, 2.45) is 5.84 Å². The largest absolute Gasteiger partial charge is 0.464 e. The average molecular weight is 258 g/mol. The molecule has 0 aliphatic rings. The molecule has 2 aromatic rings. The quantitative estimate of drug-likeness (QED) is 0.639. The van der Waals surface area contributed by atoms with Crippen LogP contribution in [0.5, 0.6) is 0 Å². The number of nitrogens with two attached hydrogens (primary N) is 1. The summed E-state index contributed by atoms with van der Waals surface area (Å²) in [6.07, 6.45) is 1.74. The Balaban J connectivity index is 2.21. The Morgan fingerprint density at radius 3 is 2.63 bits per heavy atom. The number of rotatable bonds is 5.